The first-order chi connectivity index (χ1) is 8.64. The molecule has 2 aliphatic heterocycles. The molecule has 0 N–H and O–H groups in total. The minimum absolute atomic E-state index is 0.111. The molecule has 106 valence electrons. The minimum Gasteiger partial charge on any atom is -0.400 e. The highest BCUT2D eigenvalue weighted by Gasteiger charge is 2.52. The van der Waals surface area contributed by atoms with Crippen molar-refractivity contribution in [2.45, 2.75) is 65.2 Å². The lowest BCUT2D eigenvalue weighted by atomic mass is 9.73. The Balaban J connectivity index is 2.14. The summed E-state index contributed by atoms with van der Waals surface area (Å²) in [6.45, 7) is 12.6. The molecule has 5 heteroatoms. The Kier molecular flexibility index (Phi) is 3.56. The molecule has 0 radical (unpaired) electrons. The van der Waals surface area contributed by atoms with Gasteiger partial charge in [0, 0.05) is 19.5 Å². The van der Waals surface area contributed by atoms with E-state index in [1.807, 2.05) is 11.8 Å². The topological polar surface area (TPSA) is 38.8 Å². The molecule has 2 aliphatic rings. The van der Waals surface area contributed by atoms with E-state index in [0.717, 1.165) is 18.4 Å². The number of amides is 1. The summed E-state index contributed by atoms with van der Waals surface area (Å²) in [6.07, 6.45) is 2.92. The zero-order valence-corrected chi connectivity index (χ0v) is 12.8. The number of nitrogens with zero attached hydrogens (tertiary/aromatic N) is 1. The normalized spacial score (nSPS) is 29.4. The maximum Gasteiger partial charge on any atom is 0.490 e. The van der Waals surface area contributed by atoms with Crippen LogP contribution in [0.5, 0.6) is 0 Å². The molecule has 0 aliphatic carbocycles. The van der Waals surface area contributed by atoms with Crippen molar-refractivity contribution in [1.29, 1.82) is 0 Å². The lowest BCUT2D eigenvalue weighted by Gasteiger charge is -2.32. The molecule has 0 aromatic heterocycles. The lowest BCUT2D eigenvalue weighted by Crippen LogP contribution is -2.41. The highest BCUT2D eigenvalue weighted by molar-refractivity contribution is 6.54. The van der Waals surface area contributed by atoms with E-state index >= 15 is 0 Å². The molecule has 1 saturated heterocycles. The van der Waals surface area contributed by atoms with Crippen LogP contribution >= 0.6 is 0 Å². The van der Waals surface area contributed by atoms with E-state index in [-0.39, 0.29) is 30.3 Å². The predicted molar refractivity (Wildman–Crippen MR) is 75.6 cm³/mol. The van der Waals surface area contributed by atoms with Gasteiger partial charge < -0.3 is 14.2 Å². The van der Waals surface area contributed by atoms with Gasteiger partial charge in [-0.2, -0.15) is 0 Å². The predicted octanol–water partition coefficient (Wildman–Crippen LogP) is 2.18. The van der Waals surface area contributed by atoms with Crippen LogP contribution in [0.15, 0.2) is 11.5 Å². The van der Waals surface area contributed by atoms with E-state index in [1.54, 1.807) is 6.92 Å². The Morgan fingerprint density at radius 1 is 1.32 bits per heavy atom. The molecule has 1 fully saturated rings. The molecule has 0 bridgehead atoms. The van der Waals surface area contributed by atoms with Gasteiger partial charge in [0.2, 0.25) is 5.91 Å². The highest BCUT2D eigenvalue weighted by atomic mass is 16.7. The number of hydrogen-bond acceptors (Lipinski definition) is 3. The molecule has 0 aromatic carbocycles. The third-order valence-electron chi connectivity index (χ3n) is 4.55. The van der Waals surface area contributed by atoms with Crippen LogP contribution in [0.1, 0.15) is 48.0 Å². The largest absolute Gasteiger partial charge is 0.490 e. The van der Waals surface area contributed by atoms with E-state index in [9.17, 15) is 4.79 Å². The van der Waals surface area contributed by atoms with Gasteiger partial charge in [0.25, 0.3) is 0 Å². The minimum atomic E-state index is -0.306. The molecule has 1 amide bonds. The van der Waals surface area contributed by atoms with Crippen molar-refractivity contribution < 1.29 is 14.1 Å². The summed E-state index contributed by atoms with van der Waals surface area (Å²) in [5, 5.41) is 0. The van der Waals surface area contributed by atoms with Gasteiger partial charge in [0.1, 0.15) is 0 Å². The van der Waals surface area contributed by atoms with Crippen molar-refractivity contribution in [2.75, 3.05) is 6.54 Å². The first-order valence-electron chi connectivity index (χ1n) is 6.97. The Labute approximate surface area is 116 Å². The van der Waals surface area contributed by atoms with Gasteiger partial charge in [0.05, 0.1) is 11.2 Å². The van der Waals surface area contributed by atoms with Crippen LogP contribution in [-0.2, 0) is 14.1 Å². The fourth-order valence-electron chi connectivity index (χ4n) is 2.57. The van der Waals surface area contributed by atoms with E-state index in [0.29, 0.717) is 0 Å². The molecular weight excluding hydrogens is 241 g/mol. The Morgan fingerprint density at radius 2 is 1.84 bits per heavy atom. The van der Waals surface area contributed by atoms with Gasteiger partial charge in [-0.15, -0.1) is 0 Å². The summed E-state index contributed by atoms with van der Waals surface area (Å²) in [5.74, 6) is 0.122. The average Bonchev–Trinajstić information content (AvgIpc) is 2.47. The average molecular weight is 265 g/mol. The summed E-state index contributed by atoms with van der Waals surface area (Å²) in [6, 6.07) is 0.111. The number of hydrogen-bond donors (Lipinski definition) is 0. The van der Waals surface area contributed by atoms with Gasteiger partial charge in [-0.05, 0) is 46.5 Å². The van der Waals surface area contributed by atoms with Crippen LogP contribution in [0, 0.1) is 0 Å². The molecule has 0 unspecified atom stereocenters. The zero-order chi connectivity index (χ0) is 14.4. The van der Waals surface area contributed by atoms with Crippen molar-refractivity contribution in [2.24, 2.45) is 0 Å². The van der Waals surface area contributed by atoms with Crippen LogP contribution in [0.3, 0.4) is 0 Å². The number of rotatable bonds is 1. The molecule has 0 aromatic rings. The summed E-state index contributed by atoms with van der Waals surface area (Å²) < 4.78 is 12.1. The summed E-state index contributed by atoms with van der Waals surface area (Å²) in [7, 11) is -0.276. The van der Waals surface area contributed by atoms with Crippen LogP contribution in [0.25, 0.3) is 0 Å². The first kappa shape index (κ1) is 14.6. The Bertz CT molecular complexity index is 401. The van der Waals surface area contributed by atoms with Crippen molar-refractivity contribution in [3.63, 3.8) is 0 Å². The van der Waals surface area contributed by atoms with E-state index in [2.05, 4.69) is 33.8 Å². The van der Waals surface area contributed by atoms with Crippen LogP contribution in [0.4, 0.5) is 0 Å². The fourth-order valence-corrected chi connectivity index (χ4v) is 2.57. The fraction of sp³-hybridized carbons (Fsp3) is 0.786. The second-order valence-electron chi connectivity index (χ2n) is 6.53. The van der Waals surface area contributed by atoms with Crippen molar-refractivity contribution >= 4 is 13.0 Å². The maximum atomic E-state index is 11.5. The second kappa shape index (κ2) is 4.63. The molecule has 2 heterocycles. The second-order valence-corrected chi connectivity index (χ2v) is 6.53. The smallest absolute Gasteiger partial charge is 0.400 e. The standard InChI is InChI=1S/C14H24BNO3/c1-10-9-12(7-8-16(10)11(2)17)15-18-13(3,4)14(5,6)19-15/h9-10H,7-8H2,1-6H3/t10-/m1/s1. The lowest BCUT2D eigenvalue weighted by molar-refractivity contribution is -0.130. The van der Waals surface area contributed by atoms with E-state index in [1.165, 1.54) is 0 Å². The number of carbonyl (C=O) groups excluding carboxylic acids is 1. The van der Waals surface area contributed by atoms with Crippen molar-refractivity contribution in [1.82, 2.24) is 4.90 Å². The monoisotopic (exact) mass is 265 g/mol. The molecule has 1 atom stereocenters. The molecule has 4 nitrogen and oxygen atoms in total. The zero-order valence-electron chi connectivity index (χ0n) is 12.8. The van der Waals surface area contributed by atoms with E-state index in [4.69, 9.17) is 9.31 Å². The molecule has 0 saturated carbocycles. The Hall–Kier alpha value is -0.805. The molecular formula is C14H24BNO3. The summed E-state index contributed by atoms with van der Waals surface area (Å²) >= 11 is 0. The quantitative estimate of drug-likeness (QED) is 0.682. The van der Waals surface area contributed by atoms with Gasteiger partial charge >= 0.3 is 7.12 Å². The maximum absolute atomic E-state index is 11.5. The number of carbonyl (C=O) groups is 1. The van der Waals surface area contributed by atoms with Gasteiger partial charge in [-0.25, -0.2) is 0 Å². The molecule has 19 heavy (non-hydrogen) atoms. The van der Waals surface area contributed by atoms with Crippen LogP contribution < -0.4 is 0 Å². The van der Waals surface area contributed by atoms with Gasteiger partial charge in [0.15, 0.2) is 0 Å². The van der Waals surface area contributed by atoms with Crippen LogP contribution in [0.2, 0.25) is 0 Å². The SMILES string of the molecule is CC(=O)N1CCC(B2OC(C)(C)C(C)(C)O2)=C[C@H]1C. The molecule has 0 spiro atoms. The van der Waals surface area contributed by atoms with Gasteiger partial charge in [-0.1, -0.05) is 6.08 Å². The van der Waals surface area contributed by atoms with Crippen molar-refractivity contribution in [3.8, 4) is 0 Å². The van der Waals surface area contributed by atoms with Crippen molar-refractivity contribution in [3.05, 3.63) is 11.5 Å². The van der Waals surface area contributed by atoms with E-state index < -0.39 is 0 Å². The highest BCUT2D eigenvalue weighted by Crippen LogP contribution is 2.39. The third-order valence-corrected chi connectivity index (χ3v) is 4.55. The molecule has 2 rings (SSSR count). The van der Waals surface area contributed by atoms with Crippen LogP contribution in [-0.4, -0.2) is 41.7 Å². The Morgan fingerprint density at radius 3 is 2.26 bits per heavy atom. The summed E-state index contributed by atoms with van der Waals surface area (Å²) in [4.78, 5) is 13.3. The van der Waals surface area contributed by atoms with Gasteiger partial charge in [-0.3, -0.25) is 4.79 Å². The first-order valence-corrected chi connectivity index (χ1v) is 6.97. The summed E-state index contributed by atoms with van der Waals surface area (Å²) in [5.41, 5.74) is 0.544. The third kappa shape index (κ3) is 2.58.